The summed E-state index contributed by atoms with van der Waals surface area (Å²) in [5.74, 6) is -7.66. The molecule has 0 spiro atoms. The Hall–Kier alpha value is -1.80. The van der Waals surface area contributed by atoms with Crippen LogP contribution >= 0.6 is 0 Å². The number of halogens is 6. The van der Waals surface area contributed by atoms with Gasteiger partial charge in [0.05, 0.1) is 0 Å². The summed E-state index contributed by atoms with van der Waals surface area (Å²) in [6.07, 6.45) is -10.6. The van der Waals surface area contributed by atoms with E-state index in [0.717, 1.165) is 0 Å². The quantitative estimate of drug-likeness (QED) is 0.606. The van der Waals surface area contributed by atoms with Crippen LogP contribution in [0, 0.1) is 0 Å². The fourth-order valence-electron chi connectivity index (χ4n) is 0.861. The second-order valence-electron chi connectivity index (χ2n) is 2.82. The molecule has 0 amide bonds. The van der Waals surface area contributed by atoms with Gasteiger partial charge < -0.3 is 4.42 Å². The number of hydrogen-bond donors (Lipinski definition) is 0. The lowest BCUT2D eigenvalue weighted by molar-refractivity contribution is -0.0914. The Balaban J connectivity index is 3.02. The number of furan rings is 1. The Morgan fingerprint density at radius 1 is 0.824 bits per heavy atom. The highest BCUT2D eigenvalue weighted by Gasteiger charge is 2.44. The molecule has 17 heavy (non-hydrogen) atoms. The zero-order valence-corrected chi connectivity index (χ0v) is 7.65. The Labute approximate surface area is 89.0 Å². The number of carbonyl (C=O) groups is 2. The van der Waals surface area contributed by atoms with Crippen molar-refractivity contribution in [3.63, 3.8) is 0 Å². The van der Waals surface area contributed by atoms with Crippen molar-refractivity contribution >= 4 is 11.6 Å². The number of Topliss-reactive ketones (excluding diaryl/α,β-unsaturated/α-hetero) is 2. The van der Waals surface area contributed by atoms with Gasteiger partial charge in [-0.1, -0.05) is 0 Å². The second-order valence-corrected chi connectivity index (χ2v) is 2.82. The van der Waals surface area contributed by atoms with Gasteiger partial charge in [0.1, 0.15) is 0 Å². The Morgan fingerprint density at radius 2 is 1.12 bits per heavy atom. The van der Waals surface area contributed by atoms with Crippen LogP contribution in [0.1, 0.15) is 21.1 Å². The first-order valence-electron chi connectivity index (χ1n) is 3.86. The van der Waals surface area contributed by atoms with Crippen LogP contribution in [-0.2, 0) is 0 Å². The van der Waals surface area contributed by atoms with E-state index >= 15 is 0 Å². The fraction of sp³-hybridized carbons (Fsp3) is 0.250. The van der Waals surface area contributed by atoms with Crippen molar-refractivity contribution in [2.24, 2.45) is 0 Å². The minimum Gasteiger partial charge on any atom is -0.449 e. The lowest BCUT2D eigenvalue weighted by Crippen LogP contribution is -2.23. The second kappa shape index (κ2) is 3.90. The average molecular weight is 260 g/mol. The van der Waals surface area contributed by atoms with Crippen LogP contribution in [0.3, 0.4) is 0 Å². The summed E-state index contributed by atoms with van der Waals surface area (Å²) in [6, 6.07) is 0.712. The monoisotopic (exact) mass is 260 g/mol. The average Bonchev–Trinajstić information content (AvgIpc) is 2.60. The lowest BCUT2D eigenvalue weighted by Gasteiger charge is -2.02. The van der Waals surface area contributed by atoms with Crippen LogP contribution in [0.2, 0.25) is 0 Å². The van der Waals surface area contributed by atoms with E-state index in [1.807, 2.05) is 0 Å². The maximum Gasteiger partial charge on any atom is 0.458 e. The molecule has 0 saturated carbocycles. The van der Waals surface area contributed by atoms with Gasteiger partial charge in [-0.25, -0.2) is 0 Å². The third kappa shape index (κ3) is 2.86. The van der Waals surface area contributed by atoms with E-state index in [-0.39, 0.29) is 0 Å². The van der Waals surface area contributed by atoms with Crippen LogP contribution in [0.15, 0.2) is 16.5 Å². The first kappa shape index (κ1) is 13.3. The van der Waals surface area contributed by atoms with Gasteiger partial charge in [0, 0.05) is 0 Å². The molecule has 0 saturated heterocycles. The molecule has 3 nitrogen and oxygen atoms in total. The van der Waals surface area contributed by atoms with Gasteiger partial charge in [-0.15, -0.1) is 0 Å². The number of hydrogen-bond acceptors (Lipinski definition) is 3. The molecule has 0 aliphatic heterocycles. The third-order valence-corrected chi connectivity index (χ3v) is 1.57. The molecule has 94 valence electrons. The summed E-state index contributed by atoms with van der Waals surface area (Å²) >= 11 is 0. The van der Waals surface area contributed by atoms with E-state index in [9.17, 15) is 35.9 Å². The largest absolute Gasteiger partial charge is 0.458 e. The van der Waals surface area contributed by atoms with E-state index in [4.69, 9.17) is 0 Å². The molecule has 1 heterocycles. The molecule has 0 radical (unpaired) electrons. The molecule has 0 bridgehead atoms. The zero-order chi connectivity index (χ0) is 13.4. The van der Waals surface area contributed by atoms with Crippen LogP contribution in [0.4, 0.5) is 26.3 Å². The highest BCUT2D eigenvalue weighted by atomic mass is 19.4. The van der Waals surface area contributed by atoms with Crippen molar-refractivity contribution in [1.29, 1.82) is 0 Å². The molecule has 0 aliphatic rings. The molecule has 0 atom stereocenters. The van der Waals surface area contributed by atoms with E-state index in [2.05, 4.69) is 4.42 Å². The summed E-state index contributed by atoms with van der Waals surface area (Å²) < 4.78 is 75.1. The molecule has 1 aromatic rings. The SMILES string of the molecule is O=C(c1ccc(C(=O)C(F)(F)F)o1)C(F)(F)F. The number of alkyl halides is 6. The van der Waals surface area contributed by atoms with Crippen molar-refractivity contribution in [3.05, 3.63) is 23.7 Å². The van der Waals surface area contributed by atoms with E-state index in [0.29, 0.717) is 12.1 Å². The van der Waals surface area contributed by atoms with E-state index in [1.54, 1.807) is 0 Å². The first-order valence-corrected chi connectivity index (χ1v) is 3.86. The van der Waals surface area contributed by atoms with Gasteiger partial charge in [0.25, 0.3) is 0 Å². The molecule has 0 aliphatic carbocycles. The Kier molecular flexibility index (Phi) is 3.04. The van der Waals surface area contributed by atoms with Gasteiger partial charge in [-0.05, 0) is 12.1 Å². The Morgan fingerprint density at radius 3 is 1.35 bits per heavy atom. The zero-order valence-electron chi connectivity index (χ0n) is 7.65. The molecule has 0 aromatic carbocycles. The molecule has 0 N–H and O–H groups in total. The minimum absolute atomic E-state index is 0.356. The molecule has 0 unspecified atom stereocenters. The molecule has 1 aromatic heterocycles. The maximum atomic E-state index is 11.9. The summed E-state index contributed by atoms with van der Waals surface area (Å²) in [7, 11) is 0. The van der Waals surface area contributed by atoms with Gasteiger partial charge in [-0.2, -0.15) is 26.3 Å². The predicted molar refractivity (Wildman–Crippen MR) is 39.5 cm³/mol. The van der Waals surface area contributed by atoms with Crippen LogP contribution < -0.4 is 0 Å². The minimum atomic E-state index is -5.28. The van der Waals surface area contributed by atoms with Gasteiger partial charge in [-0.3, -0.25) is 9.59 Å². The van der Waals surface area contributed by atoms with Crippen molar-refractivity contribution in [1.82, 2.24) is 0 Å². The normalized spacial score (nSPS) is 12.6. The van der Waals surface area contributed by atoms with E-state index in [1.165, 1.54) is 0 Å². The van der Waals surface area contributed by atoms with Crippen molar-refractivity contribution in [3.8, 4) is 0 Å². The van der Waals surface area contributed by atoms with Crippen LogP contribution in [0.5, 0.6) is 0 Å². The predicted octanol–water partition coefficient (Wildman–Crippen LogP) is 2.77. The van der Waals surface area contributed by atoms with Crippen molar-refractivity contribution < 1.29 is 40.3 Å². The van der Waals surface area contributed by atoms with Crippen molar-refractivity contribution in [2.45, 2.75) is 12.4 Å². The molecular formula is C8H2F6O3. The molecule has 9 heteroatoms. The summed E-state index contributed by atoms with van der Waals surface area (Å²) in [6.45, 7) is 0. The highest BCUT2D eigenvalue weighted by molar-refractivity contribution is 6.01. The number of rotatable bonds is 2. The highest BCUT2D eigenvalue weighted by Crippen LogP contribution is 2.26. The van der Waals surface area contributed by atoms with Crippen LogP contribution in [-0.4, -0.2) is 23.9 Å². The van der Waals surface area contributed by atoms with Crippen molar-refractivity contribution in [2.75, 3.05) is 0 Å². The summed E-state index contributed by atoms with van der Waals surface area (Å²) in [5, 5.41) is 0. The molecular weight excluding hydrogens is 258 g/mol. The number of ketones is 2. The smallest absolute Gasteiger partial charge is 0.449 e. The third-order valence-electron chi connectivity index (χ3n) is 1.57. The molecule has 1 rings (SSSR count). The fourth-order valence-corrected chi connectivity index (χ4v) is 0.861. The van der Waals surface area contributed by atoms with Gasteiger partial charge >= 0.3 is 23.9 Å². The van der Waals surface area contributed by atoms with Gasteiger partial charge in [0.15, 0.2) is 11.5 Å². The Bertz CT molecular complexity index is 412. The summed E-state index contributed by atoms with van der Waals surface area (Å²) in [4.78, 5) is 21.1. The van der Waals surface area contributed by atoms with Gasteiger partial charge in [0.2, 0.25) is 0 Å². The number of carbonyl (C=O) groups excluding carboxylic acids is 2. The van der Waals surface area contributed by atoms with E-state index < -0.39 is 35.4 Å². The standard InChI is InChI=1S/C8H2F6O3/c9-7(10,11)5(15)3-1-2-4(17-3)6(16)8(12,13)14/h1-2H. The summed E-state index contributed by atoms with van der Waals surface area (Å²) in [5.41, 5.74) is 0. The maximum absolute atomic E-state index is 11.9. The lowest BCUT2D eigenvalue weighted by atomic mass is 10.3. The molecule has 0 fully saturated rings. The first-order chi connectivity index (χ1) is 7.53. The van der Waals surface area contributed by atoms with Crippen LogP contribution in [0.25, 0.3) is 0 Å². The topological polar surface area (TPSA) is 47.3 Å².